The van der Waals surface area contributed by atoms with Crippen molar-refractivity contribution in [2.75, 3.05) is 10.6 Å². The highest BCUT2D eigenvalue weighted by Crippen LogP contribution is 2.18. The maximum Gasteiger partial charge on any atom is 0.394 e. The first-order valence-corrected chi connectivity index (χ1v) is 6.18. The van der Waals surface area contributed by atoms with Gasteiger partial charge in [-0.2, -0.15) is 15.0 Å². The van der Waals surface area contributed by atoms with Gasteiger partial charge in [0.1, 0.15) is 0 Å². The van der Waals surface area contributed by atoms with Crippen LogP contribution in [0.3, 0.4) is 0 Å². The highest BCUT2D eigenvalue weighted by molar-refractivity contribution is 6.36. The fourth-order valence-electron chi connectivity index (χ4n) is 1.33. The molecule has 0 bridgehead atoms. The molecule has 1 heterocycles. The zero-order valence-electron chi connectivity index (χ0n) is 10.2. The number of nitrogens with zero attached hydrogens (tertiary/aromatic N) is 3. The Hall–Kier alpha value is -2.45. The highest BCUT2D eigenvalue weighted by atomic mass is 35.5. The summed E-state index contributed by atoms with van der Waals surface area (Å²) >= 11 is 11.3. The van der Waals surface area contributed by atoms with E-state index in [1.54, 1.807) is 12.1 Å². The molecule has 10 heteroatoms. The molecule has 0 aliphatic rings. The molecule has 1 amide bonds. The molecule has 0 aliphatic carbocycles. The Balaban J connectivity index is 2.08. The molecule has 0 saturated carbocycles. The molecule has 2 aromatic rings. The molecule has 108 valence electrons. The van der Waals surface area contributed by atoms with Crippen molar-refractivity contribution in [3.05, 3.63) is 34.8 Å². The number of rotatable bonds is 3. The van der Waals surface area contributed by atoms with E-state index in [1.165, 1.54) is 12.1 Å². The third kappa shape index (κ3) is 4.26. The largest absolute Gasteiger partial charge is 0.474 e. The van der Waals surface area contributed by atoms with E-state index in [1.807, 2.05) is 0 Å². The summed E-state index contributed by atoms with van der Waals surface area (Å²) in [5.41, 5.74) is 0.918. The Morgan fingerprint density at radius 1 is 0.952 bits per heavy atom. The molecule has 2 rings (SSSR count). The van der Waals surface area contributed by atoms with Gasteiger partial charge in [-0.3, -0.25) is 4.79 Å². The van der Waals surface area contributed by atoms with Gasteiger partial charge in [0.2, 0.25) is 16.5 Å². The summed E-state index contributed by atoms with van der Waals surface area (Å²) in [6.45, 7) is 0. The van der Waals surface area contributed by atoms with Crippen molar-refractivity contribution >= 4 is 52.4 Å². The normalized spacial score (nSPS) is 10.0. The van der Waals surface area contributed by atoms with Crippen molar-refractivity contribution in [1.29, 1.82) is 0 Å². The lowest BCUT2D eigenvalue weighted by molar-refractivity contribution is -0.147. The molecule has 1 aromatic carbocycles. The third-order valence-electron chi connectivity index (χ3n) is 2.17. The van der Waals surface area contributed by atoms with E-state index < -0.39 is 11.9 Å². The molecular weight excluding hydrogens is 321 g/mol. The highest BCUT2D eigenvalue weighted by Gasteiger charge is 2.10. The van der Waals surface area contributed by atoms with Crippen LogP contribution >= 0.6 is 23.2 Å². The van der Waals surface area contributed by atoms with Crippen LogP contribution < -0.4 is 10.6 Å². The number of anilines is 3. The monoisotopic (exact) mass is 327 g/mol. The summed E-state index contributed by atoms with van der Waals surface area (Å²) < 4.78 is 0. The predicted octanol–water partition coefficient (Wildman–Crippen LogP) is 1.95. The van der Waals surface area contributed by atoms with E-state index in [0.717, 1.165) is 0 Å². The maximum absolute atomic E-state index is 11.0. The van der Waals surface area contributed by atoms with Crippen molar-refractivity contribution in [1.82, 2.24) is 15.0 Å². The lowest BCUT2D eigenvalue weighted by Crippen LogP contribution is -2.21. The van der Waals surface area contributed by atoms with Gasteiger partial charge in [-0.15, -0.1) is 0 Å². The smallest absolute Gasteiger partial charge is 0.394 e. The first-order chi connectivity index (χ1) is 9.94. The number of carbonyl (C=O) groups is 2. The van der Waals surface area contributed by atoms with Crippen LogP contribution in [-0.4, -0.2) is 31.9 Å². The molecule has 3 N–H and O–H groups in total. The first kappa shape index (κ1) is 14.9. The Kier molecular flexibility index (Phi) is 4.51. The number of hydrogen-bond acceptors (Lipinski definition) is 6. The number of carboxylic acid groups (broad SMARTS) is 1. The van der Waals surface area contributed by atoms with Gasteiger partial charge in [-0.1, -0.05) is 0 Å². The summed E-state index contributed by atoms with van der Waals surface area (Å²) in [5, 5.41) is 13.4. The van der Waals surface area contributed by atoms with Crippen LogP contribution in [0.4, 0.5) is 17.3 Å². The molecule has 0 fully saturated rings. The van der Waals surface area contributed by atoms with Gasteiger partial charge in [0, 0.05) is 11.4 Å². The SMILES string of the molecule is O=C(O)C(=O)Nc1ccc(Nc2nc(Cl)nc(Cl)n2)cc1. The summed E-state index contributed by atoms with van der Waals surface area (Å²) in [4.78, 5) is 32.6. The second-order valence-corrected chi connectivity index (χ2v) is 4.33. The van der Waals surface area contributed by atoms with Crippen LogP contribution in [0, 0.1) is 0 Å². The van der Waals surface area contributed by atoms with Gasteiger partial charge in [0.15, 0.2) is 0 Å². The minimum atomic E-state index is -1.56. The predicted molar refractivity (Wildman–Crippen MR) is 75.8 cm³/mol. The van der Waals surface area contributed by atoms with Gasteiger partial charge in [0.25, 0.3) is 0 Å². The van der Waals surface area contributed by atoms with Crippen LogP contribution in [-0.2, 0) is 9.59 Å². The van der Waals surface area contributed by atoms with Crippen molar-refractivity contribution in [3.8, 4) is 0 Å². The number of halogens is 2. The molecule has 0 spiro atoms. The van der Waals surface area contributed by atoms with Gasteiger partial charge in [-0.25, -0.2) is 4.79 Å². The van der Waals surface area contributed by atoms with Crippen LogP contribution in [0.15, 0.2) is 24.3 Å². The molecule has 1 aromatic heterocycles. The zero-order valence-corrected chi connectivity index (χ0v) is 11.7. The van der Waals surface area contributed by atoms with E-state index in [9.17, 15) is 9.59 Å². The average Bonchev–Trinajstić information content (AvgIpc) is 2.39. The lowest BCUT2D eigenvalue weighted by atomic mass is 10.3. The summed E-state index contributed by atoms with van der Waals surface area (Å²) in [7, 11) is 0. The number of nitrogens with one attached hydrogen (secondary N) is 2. The zero-order chi connectivity index (χ0) is 15.4. The summed E-state index contributed by atoms with van der Waals surface area (Å²) in [6.07, 6.45) is 0. The molecule has 0 radical (unpaired) electrons. The fraction of sp³-hybridized carbons (Fsp3) is 0. The molecule has 8 nitrogen and oxygen atoms in total. The Morgan fingerprint density at radius 3 is 2.00 bits per heavy atom. The van der Waals surface area contributed by atoms with Gasteiger partial charge in [0.05, 0.1) is 0 Å². The molecule has 0 atom stereocenters. The second kappa shape index (κ2) is 6.33. The number of amides is 1. The summed E-state index contributed by atoms with van der Waals surface area (Å²) in [5.74, 6) is -2.53. The summed E-state index contributed by atoms with van der Waals surface area (Å²) in [6, 6.07) is 6.19. The Labute approximate surface area is 128 Å². The molecule has 21 heavy (non-hydrogen) atoms. The van der Waals surface area contributed by atoms with Crippen LogP contribution in [0.2, 0.25) is 10.6 Å². The number of aromatic nitrogens is 3. The van der Waals surface area contributed by atoms with Crippen molar-refractivity contribution in [3.63, 3.8) is 0 Å². The average molecular weight is 328 g/mol. The number of carbonyl (C=O) groups excluding carboxylic acids is 1. The second-order valence-electron chi connectivity index (χ2n) is 3.66. The Morgan fingerprint density at radius 2 is 1.48 bits per heavy atom. The van der Waals surface area contributed by atoms with E-state index in [2.05, 4.69) is 25.6 Å². The molecule has 0 aliphatic heterocycles. The number of aliphatic carboxylic acids is 1. The standard InChI is InChI=1S/C11H7Cl2N5O3/c12-9-16-10(13)18-11(17-9)15-6-3-1-5(2-4-6)14-7(19)8(20)21/h1-4H,(H,14,19)(H,20,21)(H,15,16,17,18). The van der Waals surface area contributed by atoms with Crippen molar-refractivity contribution in [2.45, 2.75) is 0 Å². The van der Waals surface area contributed by atoms with E-state index >= 15 is 0 Å². The van der Waals surface area contributed by atoms with Gasteiger partial charge >= 0.3 is 11.9 Å². The third-order valence-corrected chi connectivity index (χ3v) is 2.51. The minimum absolute atomic E-state index is 0.0529. The van der Waals surface area contributed by atoms with Crippen molar-refractivity contribution < 1.29 is 14.7 Å². The lowest BCUT2D eigenvalue weighted by Gasteiger charge is -2.06. The maximum atomic E-state index is 11.0. The molecule has 0 saturated heterocycles. The quantitative estimate of drug-likeness (QED) is 0.737. The van der Waals surface area contributed by atoms with E-state index in [0.29, 0.717) is 11.4 Å². The first-order valence-electron chi connectivity index (χ1n) is 5.42. The van der Waals surface area contributed by atoms with Crippen LogP contribution in [0.25, 0.3) is 0 Å². The number of benzene rings is 1. The fourth-order valence-corrected chi connectivity index (χ4v) is 1.70. The van der Waals surface area contributed by atoms with E-state index in [4.69, 9.17) is 28.3 Å². The van der Waals surface area contributed by atoms with Crippen LogP contribution in [0.1, 0.15) is 0 Å². The van der Waals surface area contributed by atoms with Crippen LogP contribution in [0.5, 0.6) is 0 Å². The Bertz CT molecular complexity index is 673. The van der Waals surface area contributed by atoms with E-state index in [-0.39, 0.29) is 16.5 Å². The topological polar surface area (TPSA) is 117 Å². The number of hydrogen-bond donors (Lipinski definition) is 3. The van der Waals surface area contributed by atoms with Crippen molar-refractivity contribution in [2.24, 2.45) is 0 Å². The van der Waals surface area contributed by atoms with Gasteiger partial charge < -0.3 is 15.7 Å². The minimum Gasteiger partial charge on any atom is -0.474 e. The molecular formula is C11H7Cl2N5O3. The number of carboxylic acids is 1. The van der Waals surface area contributed by atoms with Gasteiger partial charge in [-0.05, 0) is 47.5 Å². The molecule has 0 unspecified atom stereocenters.